The highest BCUT2D eigenvalue weighted by molar-refractivity contribution is 5.68. The zero-order valence-corrected chi connectivity index (χ0v) is 19.4. The lowest BCUT2D eigenvalue weighted by Gasteiger charge is -2.35. The van der Waals surface area contributed by atoms with Crippen LogP contribution in [0.2, 0.25) is 0 Å². The van der Waals surface area contributed by atoms with E-state index < -0.39 is 35.7 Å². The topological polar surface area (TPSA) is 70.6 Å². The molecule has 0 radical (unpaired) electrons. The smallest absolute Gasteiger partial charge is 0.408 e. The van der Waals surface area contributed by atoms with Crippen LogP contribution in [0.3, 0.4) is 0 Å². The molecule has 2 aromatic rings. The van der Waals surface area contributed by atoms with Crippen molar-refractivity contribution in [2.24, 2.45) is 5.92 Å². The minimum Gasteiger partial charge on any atom is -0.444 e. The first kappa shape index (κ1) is 25.7. The number of rotatable bonds is 9. The normalized spacial score (nSPS) is 15.0. The van der Waals surface area contributed by atoms with Crippen molar-refractivity contribution in [3.63, 3.8) is 0 Å². The SMILES string of the molecule is Cc1cccc(CNCC(O)C(C)C(NC(=O)OC(C)(C)C)C(F)(F)c2ccccc2)c1. The number of aliphatic hydroxyl groups excluding tert-OH is 1. The zero-order valence-electron chi connectivity index (χ0n) is 19.4. The molecule has 176 valence electrons. The Kier molecular flexibility index (Phi) is 8.75. The van der Waals surface area contributed by atoms with Crippen molar-refractivity contribution in [3.05, 3.63) is 71.3 Å². The van der Waals surface area contributed by atoms with E-state index in [0.29, 0.717) is 6.54 Å². The van der Waals surface area contributed by atoms with Gasteiger partial charge in [-0.25, -0.2) is 4.79 Å². The highest BCUT2D eigenvalue weighted by atomic mass is 19.3. The van der Waals surface area contributed by atoms with Gasteiger partial charge in [0.05, 0.1) is 6.10 Å². The minimum atomic E-state index is -3.42. The summed E-state index contributed by atoms with van der Waals surface area (Å²) in [7, 11) is 0. The van der Waals surface area contributed by atoms with E-state index in [1.54, 1.807) is 26.8 Å². The Morgan fingerprint density at radius 2 is 1.75 bits per heavy atom. The van der Waals surface area contributed by atoms with E-state index >= 15 is 8.78 Å². The number of nitrogens with one attached hydrogen (secondary N) is 2. The lowest BCUT2D eigenvalue weighted by molar-refractivity contribution is -0.0803. The Hall–Kier alpha value is -2.51. The summed E-state index contributed by atoms with van der Waals surface area (Å²) in [6.45, 7) is 9.04. The molecule has 1 amide bonds. The van der Waals surface area contributed by atoms with E-state index in [1.165, 1.54) is 31.2 Å². The van der Waals surface area contributed by atoms with Crippen molar-refractivity contribution in [2.45, 2.75) is 64.8 Å². The van der Waals surface area contributed by atoms with E-state index in [9.17, 15) is 9.90 Å². The molecule has 3 atom stereocenters. The molecule has 0 aliphatic heterocycles. The van der Waals surface area contributed by atoms with Gasteiger partial charge in [-0.3, -0.25) is 0 Å². The number of alkyl carbamates (subject to hydrolysis) is 1. The van der Waals surface area contributed by atoms with Crippen molar-refractivity contribution in [1.29, 1.82) is 0 Å². The predicted molar refractivity (Wildman–Crippen MR) is 122 cm³/mol. The number of benzene rings is 2. The van der Waals surface area contributed by atoms with Gasteiger partial charge in [0.25, 0.3) is 5.92 Å². The number of ether oxygens (including phenoxy) is 1. The quantitative estimate of drug-likeness (QED) is 0.517. The monoisotopic (exact) mass is 448 g/mol. The van der Waals surface area contributed by atoms with Gasteiger partial charge in [-0.2, -0.15) is 8.78 Å². The summed E-state index contributed by atoms with van der Waals surface area (Å²) in [6.07, 6.45) is -2.08. The first-order valence-electron chi connectivity index (χ1n) is 10.8. The second-order valence-corrected chi connectivity index (χ2v) is 9.16. The highest BCUT2D eigenvalue weighted by Gasteiger charge is 2.47. The molecule has 0 spiro atoms. The van der Waals surface area contributed by atoms with E-state index in [4.69, 9.17) is 4.74 Å². The lowest BCUT2D eigenvalue weighted by atomic mass is 9.87. The molecule has 5 nitrogen and oxygen atoms in total. The van der Waals surface area contributed by atoms with Crippen LogP contribution in [0.4, 0.5) is 13.6 Å². The number of alkyl halides is 2. The van der Waals surface area contributed by atoms with Gasteiger partial charge in [0.15, 0.2) is 0 Å². The van der Waals surface area contributed by atoms with Gasteiger partial charge in [0.2, 0.25) is 0 Å². The molecule has 0 heterocycles. The summed E-state index contributed by atoms with van der Waals surface area (Å²) >= 11 is 0. The molecule has 2 aromatic carbocycles. The molecule has 2 rings (SSSR count). The van der Waals surface area contributed by atoms with Crippen LogP contribution >= 0.6 is 0 Å². The van der Waals surface area contributed by atoms with Crippen LogP contribution in [-0.4, -0.2) is 35.5 Å². The van der Waals surface area contributed by atoms with Crippen LogP contribution in [0, 0.1) is 12.8 Å². The number of aryl methyl sites for hydroxylation is 1. The molecule has 32 heavy (non-hydrogen) atoms. The third kappa shape index (κ3) is 7.57. The van der Waals surface area contributed by atoms with Crippen LogP contribution in [0.25, 0.3) is 0 Å². The summed E-state index contributed by atoms with van der Waals surface area (Å²) in [5, 5.41) is 16.1. The Bertz CT molecular complexity index is 869. The third-order valence-corrected chi connectivity index (χ3v) is 5.12. The molecule has 0 saturated heterocycles. The average Bonchev–Trinajstić information content (AvgIpc) is 2.71. The first-order valence-corrected chi connectivity index (χ1v) is 10.8. The van der Waals surface area contributed by atoms with Gasteiger partial charge in [-0.1, -0.05) is 67.1 Å². The van der Waals surface area contributed by atoms with Crippen molar-refractivity contribution >= 4 is 6.09 Å². The fourth-order valence-corrected chi connectivity index (χ4v) is 3.42. The fourth-order valence-electron chi connectivity index (χ4n) is 3.42. The van der Waals surface area contributed by atoms with E-state index in [0.717, 1.165) is 11.1 Å². The maximum atomic E-state index is 15.5. The largest absolute Gasteiger partial charge is 0.444 e. The lowest BCUT2D eigenvalue weighted by Crippen LogP contribution is -2.54. The molecule has 3 N–H and O–H groups in total. The second kappa shape index (κ2) is 10.9. The molecule has 0 aliphatic rings. The number of hydrogen-bond acceptors (Lipinski definition) is 4. The Balaban J connectivity index is 2.14. The van der Waals surface area contributed by atoms with Gasteiger partial charge in [0.1, 0.15) is 11.6 Å². The Labute approximate surface area is 189 Å². The van der Waals surface area contributed by atoms with Crippen LogP contribution in [0.15, 0.2) is 54.6 Å². The van der Waals surface area contributed by atoms with Crippen molar-refractivity contribution < 1.29 is 23.4 Å². The Morgan fingerprint density at radius 3 is 2.34 bits per heavy atom. The predicted octanol–water partition coefficient (Wildman–Crippen LogP) is 4.77. The molecule has 0 saturated carbocycles. The van der Waals surface area contributed by atoms with Gasteiger partial charge in [-0.15, -0.1) is 0 Å². The van der Waals surface area contributed by atoms with Crippen molar-refractivity contribution in [2.75, 3.05) is 6.54 Å². The van der Waals surface area contributed by atoms with Crippen molar-refractivity contribution in [3.8, 4) is 0 Å². The first-order chi connectivity index (χ1) is 14.9. The van der Waals surface area contributed by atoms with Crippen LogP contribution in [0.1, 0.15) is 44.4 Å². The van der Waals surface area contributed by atoms with E-state index in [2.05, 4.69) is 10.6 Å². The Morgan fingerprint density at radius 1 is 1.09 bits per heavy atom. The van der Waals surface area contributed by atoms with E-state index in [1.807, 2.05) is 31.2 Å². The molecule has 0 aromatic heterocycles. The summed E-state index contributed by atoms with van der Waals surface area (Å²) < 4.78 is 36.1. The molecule has 3 unspecified atom stereocenters. The second-order valence-electron chi connectivity index (χ2n) is 9.16. The number of hydrogen-bond donors (Lipinski definition) is 3. The van der Waals surface area contributed by atoms with Gasteiger partial charge in [0, 0.05) is 24.6 Å². The van der Waals surface area contributed by atoms with Crippen molar-refractivity contribution in [1.82, 2.24) is 10.6 Å². The fraction of sp³-hybridized carbons (Fsp3) is 0.480. The molecule has 7 heteroatoms. The zero-order chi connectivity index (χ0) is 23.9. The number of amides is 1. The maximum Gasteiger partial charge on any atom is 0.408 e. The highest BCUT2D eigenvalue weighted by Crippen LogP contribution is 2.36. The molecular formula is C25H34F2N2O3. The average molecular weight is 449 g/mol. The van der Waals surface area contributed by atoms with Crippen LogP contribution in [0.5, 0.6) is 0 Å². The van der Waals surface area contributed by atoms with Gasteiger partial charge in [-0.05, 0) is 33.3 Å². The number of aliphatic hydroxyl groups is 1. The van der Waals surface area contributed by atoms with E-state index in [-0.39, 0.29) is 12.1 Å². The summed E-state index contributed by atoms with van der Waals surface area (Å²) in [6, 6.07) is 13.5. The molecule has 0 bridgehead atoms. The molecule has 0 fully saturated rings. The standard InChI is InChI=1S/C25H34F2N2O3/c1-17-10-9-11-19(14-17)15-28-16-21(30)18(2)22(29-23(31)32-24(3,4)5)25(26,27)20-12-7-6-8-13-20/h6-14,18,21-22,28,30H,15-16H2,1-5H3,(H,29,31). The number of carbonyl (C=O) groups excluding carboxylic acids is 1. The number of carbonyl (C=O) groups is 1. The number of halogens is 2. The summed E-state index contributed by atoms with van der Waals surface area (Å²) in [5.74, 6) is -4.39. The maximum absolute atomic E-state index is 15.5. The van der Waals surface area contributed by atoms with Crippen LogP contribution in [-0.2, 0) is 17.2 Å². The van der Waals surface area contributed by atoms with Gasteiger partial charge >= 0.3 is 6.09 Å². The van der Waals surface area contributed by atoms with Crippen LogP contribution < -0.4 is 10.6 Å². The summed E-state index contributed by atoms with van der Waals surface area (Å²) in [5.41, 5.74) is 1.06. The summed E-state index contributed by atoms with van der Waals surface area (Å²) in [4.78, 5) is 12.3. The molecular weight excluding hydrogens is 414 g/mol. The molecule has 0 aliphatic carbocycles. The minimum absolute atomic E-state index is 0.0898. The van der Waals surface area contributed by atoms with Gasteiger partial charge < -0.3 is 20.5 Å². The third-order valence-electron chi connectivity index (χ3n) is 5.12.